The van der Waals surface area contributed by atoms with E-state index in [0.29, 0.717) is 6.42 Å². The molecule has 0 unspecified atom stereocenters. The van der Waals surface area contributed by atoms with Gasteiger partial charge in [0.05, 0.1) is 5.56 Å². The zero-order valence-corrected chi connectivity index (χ0v) is 25.2. The molecule has 2 N–H and O–H groups in total. The summed E-state index contributed by atoms with van der Waals surface area (Å²) in [5.74, 6) is 0.249. The fourth-order valence-corrected chi connectivity index (χ4v) is 3.83. The minimum absolute atomic E-state index is 0.249. The summed E-state index contributed by atoms with van der Waals surface area (Å²) in [7, 11) is 1.50. The summed E-state index contributed by atoms with van der Waals surface area (Å²) in [5, 5.41) is 0. The fraction of sp³-hybridized carbons (Fsp3) is 0.545. The van der Waals surface area contributed by atoms with Crippen LogP contribution in [0.2, 0.25) is 0 Å². The van der Waals surface area contributed by atoms with Crippen LogP contribution in [0.25, 0.3) is 0 Å². The second-order valence-electron chi connectivity index (χ2n) is 8.67. The third kappa shape index (κ3) is 18.5. The van der Waals surface area contributed by atoms with E-state index in [1.807, 2.05) is 65.0 Å². The topological polar surface area (TPSA) is 46.3 Å². The van der Waals surface area contributed by atoms with Gasteiger partial charge in [-0.05, 0) is 96.2 Å². The van der Waals surface area contributed by atoms with E-state index in [0.717, 1.165) is 49.8 Å². The van der Waals surface area contributed by atoms with Gasteiger partial charge in [-0.2, -0.15) is 13.2 Å². The molecule has 0 aromatic heterocycles. The molecule has 1 aliphatic rings. The van der Waals surface area contributed by atoms with Crippen molar-refractivity contribution in [3.8, 4) is 0 Å². The predicted molar refractivity (Wildman–Crippen MR) is 162 cm³/mol. The molecule has 0 radical (unpaired) electrons. The highest BCUT2D eigenvalue weighted by atomic mass is 19.4. The largest absolute Gasteiger partial charge is 0.416 e. The van der Waals surface area contributed by atoms with Gasteiger partial charge in [-0.15, -0.1) is 6.58 Å². The van der Waals surface area contributed by atoms with Gasteiger partial charge in [-0.25, -0.2) is 0 Å². The highest BCUT2D eigenvalue weighted by molar-refractivity contribution is 5.96. The molecule has 2 aromatic carbocycles. The fourth-order valence-electron chi connectivity index (χ4n) is 3.83. The van der Waals surface area contributed by atoms with E-state index in [1.165, 1.54) is 50.7 Å². The van der Waals surface area contributed by atoms with Crippen molar-refractivity contribution in [3.05, 3.63) is 83.4 Å². The van der Waals surface area contributed by atoms with Gasteiger partial charge in [-0.1, -0.05) is 75.7 Å². The SMILES string of the molecule is C=CCCCCC(=O)c1ccc(C)cc1.CC.CC.CN.FC(F)(F)c1ccc(CCCN2CCCC2)cc1. The lowest BCUT2D eigenvalue weighted by Gasteiger charge is -2.14. The normalized spacial score (nSPS) is 12.3. The predicted octanol–water partition coefficient (Wildman–Crippen LogP) is 9.29. The van der Waals surface area contributed by atoms with Crippen molar-refractivity contribution in [2.45, 2.75) is 92.2 Å². The van der Waals surface area contributed by atoms with Crippen LogP contribution in [-0.2, 0) is 12.6 Å². The molecular weight excluding hydrogens is 497 g/mol. The minimum Gasteiger partial charge on any atom is -0.333 e. The van der Waals surface area contributed by atoms with Crippen molar-refractivity contribution < 1.29 is 18.0 Å². The molecule has 1 aliphatic heterocycles. The van der Waals surface area contributed by atoms with Crippen molar-refractivity contribution in [2.24, 2.45) is 5.73 Å². The Morgan fingerprint density at radius 1 is 0.897 bits per heavy atom. The Balaban J connectivity index is 0. The van der Waals surface area contributed by atoms with Gasteiger partial charge < -0.3 is 10.6 Å². The van der Waals surface area contributed by atoms with Crippen LogP contribution in [-0.4, -0.2) is 37.4 Å². The van der Waals surface area contributed by atoms with E-state index in [9.17, 15) is 18.0 Å². The lowest BCUT2D eigenvalue weighted by molar-refractivity contribution is -0.137. The van der Waals surface area contributed by atoms with Gasteiger partial charge in [0.25, 0.3) is 0 Å². The van der Waals surface area contributed by atoms with Crippen molar-refractivity contribution in [1.82, 2.24) is 4.90 Å². The van der Waals surface area contributed by atoms with Gasteiger partial charge >= 0.3 is 6.18 Å². The third-order valence-corrected chi connectivity index (χ3v) is 5.86. The number of Topliss-reactive ketones (excluding diaryl/α,β-unsaturated/α-hetero) is 1. The van der Waals surface area contributed by atoms with E-state index in [-0.39, 0.29) is 5.78 Å². The van der Waals surface area contributed by atoms with Gasteiger partial charge in [0, 0.05) is 12.0 Å². The minimum atomic E-state index is -4.23. The van der Waals surface area contributed by atoms with E-state index in [2.05, 4.69) is 17.2 Å². The Morgan fingerprint density at radius 2 is 1.44 bits per heavy atom. The van der Waals surface area contributed by atoms with E-state index in [4.69, 9.17) is 0 Å². The second-order valence-corrected chi connectivity index (χ2v) is 8.67. The number of hydrogen-bond acceptors (Lipinski definition) is 3. The molecule has 0 atom stereocenters. The molecule has 39 heavy (non-hydrogen) atoms. The van der Waals surface area contributed by atoms with Gasteiger partial charge in [0.15, 0.2) is 5.78 Å². The Kier molecular flexibility index (Phi) is 24.4. The average Bonchev–Trinajstić information content (AvgIpc) is 3.48. The zero-order valence-electron chi connectivity index (χ0n) is 25.2. The summed E-state index contributed by atoms with van der Waals surface area (Å²) >= 11 is 0. The number of carbonyl (C=O) groups excluding carboxylic acids is 1. The number of unbranched alkanes of at least 4 members (excludes halogenated alkanes) is 2. The third-order valence-electron chi connectivity index (χ3n) is 5.86. The number of halogens is 3. The van der Waals surface area contributed by atoms with Crippen LogP contribution >= 0.6 is 0 Å². The number of benzene rings is 2. The van der Waals surface area contributed by atoms with Crippen LogP contribution in [0.3, 0.4) is 0 Å². The Labute approximate surface area is 236 Å². The van der Waals surface area contributed by atoms with Gasteiger partial charge in [-0.3, -0.25) is 4.79 Å². The molecule has 0 saturated carbocycles. The number of aryl methyl sites for hydroxylation is 2. The first-order valence-corrected chi connectivity index (χ1v) is 14.5. The number of allylic oxidation sites excluding steroid dienone is 1. The first-order chi connectivity index (χ1) is 18.8. The Morgan fingerprint density at radius 3 is 1.92 bits per heavy atom. The lowest BCUT2D eigenvalue weighted by atomic mass is 10.0. The Hall–Kier alpha value is -2.44. The number of likely N-dealkylation sites (tertiary alicyclic amines) is 1. The zero-order chi connectivity index (χ0) is 30.1. The van der Waals surface area contributed by atoms with Crippen LogP contribution in [0.5, 0.6) is 0 Å². The first kappa shape index (κ1) is 38.7. The summed E-state index contributed by atoms with van der Waals surface area (Å²) in [6, 6.07) is 13.3. The molecule has 222 valence electrons. The highest BCUT2D eigenvalue weighted by Gasteiger charge is 2.29. The number of nitrogens with two attached hydrogens (primary N) is 1. The lowest BCUT2D eigenvalue weighted by Crippen LogP contribution is -2.20. The number of nitrogens with zero attached hydrogens (tertiary/aromatic N) is 1. The van der Waals surface area contributed by atoms with Crippen molar-refractivity contribution in [1.29, 1.82) is 0 Å². The van der Waals surface area contributed by atoms with Crippen molar-refractivity contribution >= 4 is 5.78 Å². The highest BCUT2D eigenvalue weighted by Crippen LogP contribution is 2.29. The number of ketones is 1. The monoisotopic (exact) mass is 550 g/mol. The average molecular weight is 551 g/mol. The van der Waals surface area contributed by atoms with Crippen LogP contribution in [0, 0.1) is 6.92 Å². The quantitative estimate of drug-likeness (QED) is 0.182. The van der Waals surface area contributed by atoms with Crippen molar-refractivity contribution in [3.63, 3.8) is 0 Å². The smallest absolute Gasteiger partial charge is 0.333 e. The molecule has 3 nitrogen and oxygen atoms in total. The summed E-state index contributed by atoms with van der Waals surface area (Å²) in [4.78, 5) is 14.1. The van der Waals surface area contributed by atoms with Gasteiger partial charge in [0.2, 0.25) is 0 Å². The van der Waals surface area contributed by atoms with E-state index < -0.39 is 11.7 Å². The molecule has 3 rings (SSSR count). The molecule has 0 spiro atoms. The van der Waals surface area contributed by atoms with E-state index >= 15 is 0 Å². The first-order valence-electron chi connectivity index (χ1n) is 14.5. The van der Waals surface area contributed by atoms with E-state index in [1.54, 1.807) is 12.1 Å². The van der Waals surface area contributed by atoms with Crippen molar-refractivity contribution in [2.75, 3.05) is 26.7 Å². The summed E-state index contributed by atoms with van der Waals surface area (Å²) < 4.78 is 37.1. The molecule has 2 aromatic rings. The molecule has 0 aliphatic carbocycles. The number of rotatable bonds is 10. The maximum Gasteiger partial charge on any atom is 0.416 e. The molecule has 0 bridgehead atoms. The number of hydrogen-bond donors (Lipinski definition) is 1. The van der Waals surface area contributed by atoms with Crippen LogP contribution < -0.4 is 5.73 Å². The number of carbonyl (C=O) groups is 1. The molecular formula is C33H53F3N2O. The Bertz CT molecular complexity index is 841. The molecule has 1 saturated heterocycles. The molecule has 6 heteroatoms. The maximum atomic E-state index is 12.4. The number of alkyl halides is 3. The van der Waals surface area contributed by atoms with Gasteiger partial charge in [0.1, 0.15) is 0 Å². The standard InChI is InChI=1S/C14H18F3N.C14H18O.2C2H6.CH5N/c15-14(16,17)13-7-5-12(6-8-13)4-3-11-18-9-1-2-10-18;1-3-4-5-6-7-14(15)13-10-8-12(2)9-11-13;3*1-2/h5-8H,1-4,9-11H2;3,8-11H,1,4-7H2,2H3;2*1-2H3;2H2,1H3. The van der Waals surface area contributed by atoms with Crippen LogP contribution in [0.15, 0.2) is 61.2 Å². The summed E-state index contributed by atoms with van der Waals surface area (Å²) in [6.45, 7) is 17.1. The second kappa shape index (κ2) is 24.6. The summed E-state index contributed by atoms with van der Waals surface area (Å²) in [5.41, 5.74) is 6.95. The summed E-state index contributed by atoms with van der Waals surface area (Å²) in [6.07, 6.45) is 5.77. The van der Waals surface area contributed by atoms with Crippen LogP contribution in [0.4, 0.5) is 13.2 Å². The van der Waals surface area contributed by atoms with Crippen LogP contribution in [0.1, 0.15) is 99.7 Å². The molecule has 1 fully saturated rings. The molecule has 0 amide bonds. The maximum absolute atomic E-state index is 12.4. The molecule has 1 heterocycles.